The Kier molecular flexibility index (Phi) is 14.2. The van der Waals surface area contributed by atoms with Crippen LogP contribution >= 0.6 is 0 Å². The van der Waals surface area contributed by atoms with Crippen molar-refractivity contribution in [3.8, 4) is 0 Å². The summed E-state index contributed by atoms with van der Waals surface area (Å²) in [5.41, 5.74) is 0. The van der Waals surface area contributed by atoms with E-state index in [0.717, 1.165) is 13.8 Å². The van der Waals surface area contributed by atoms with E-state index in [1.54, 1.807) is 0 Å². The summed E-state index contributed by atoms with van der Waals surface area (Å²) in [5.74, 6) is -3.67. The van der Waals surface area contributed by atoms with Crippen LogP contribution in [0.4, 0.5) is 0 Å². The molecule has 0 saturated carbocycles. The minimum atomic E-state index is -4.70. The molecule has 0 spiro atoms. The van der Waals surface area contributed by atoms with Gasteiger partial charge >= 0.3 is 59.1 Å². The van der Waals surface area contributed by atoms with Crippen molar-refractivity contribution in [3.05, 3.63) is 0 Å². The van der Waals surface area contributed by atoms with Crippen molar-refractivity contribution < 1.29 is 94.6 Å². The second-order valence-corrected chi connectivity index (χ2v) is 6.69. The summed E-state index contributed by atoms with van der Waals surface area (Å²) in [6.45, 7) is 1.25. The number of amides is 2. The fraction of sp³-hybridized carbons (Fsp3) is 0.750. The maximum absolute atomic E-state index is 11.1. The molecule has 0 unspecified atom stereocenters. The van der Waals surface area contributed by atoms with Gasteiger partial charge in [0.2, 0.25) is 11.8 Å². The van der Waals surface area contributed by atoms with Gasteiger partial charge in [-0.3, -0.25) is 9.59 Å². The third-order valence-electron chi connectivity index (χ3n) is 2.16. The third-order valence-corrected chi connectivity index (χ3v) is 3.41. The van der Waals surface area contributed by atoms with E-state index in [9.17, 15) is 35.5 Å². The predicted molar refractivity (Wildman–Crippen MR) is 63.9 cm³/mol. The standard InChI is InChI=1S/C8H16N2O8S2.2Na/c1-7(11)9(5-19(13,14)15)3-4-10(8(2)12)6-20(16,17)18;;/h3-6H2,1-2H3,(H,13,14,15)(H,16,17,18);;/q;2*+1/p-2. The fourth-order valence-electron chi connectivity index (χ4n) is 1.25. The molecule has 0 N–H and O–H groups in total. The van der Waals surface area contributed by atoms with Crippen LogP contribution in [-0.2, 0) is 29.8 Å². The van der Waals surface area contributed by atoms with E-state index < -0.39 is 43.8 Å². The molecule has 0 aromatic heterocycles. The topological polar surface area (TPSA) is 155 Å². The zero-order valence-corrected chi connectivity index (χ0v) is 18.4. The van der Waals surface area contributed by atoms with Crippen LogP contribution in [0.5, 0.6) is 0 Å². The van der Waals surface area contributed by atoms with Crippen molar-refractivity contribution in [2.75, 3.05) is 24.8 Å². The van der Waals surface area contributed by atoms with E-state index in [-0.39, 0.29) is 72.2 Å². The molecular formula is C8H14N2Na2O8S2. The monoisotopic (exact) mass is 376 g/mol. The van der Waals surface area contributed by atoms with Gasteiger partial charge in [-0.2, -0.15) is 0 Å². The normalized spacial score (nSPS) is 10.9. The second kappa shape index (κ2) is 11.3. The molecule has 0 radical (unpaired) electrons. The second-order valence-electron chi connectivity index (χ2n) is 3.94. The summed E-state index contributed by atoms with van der Waals surface area (Å²) in [4.78, 5) is 23.5. The average molecular weight is 376 g/mol. The van der Waals surface area contributed by atoms with Crippen LogP contribution in [0.25, 0.3) is 0 Å². The Morgan fingerprint density at radius 3 is 1.14 bits per heavy atom. The zero-order valence-electron chi connectivity index (χ0n) is 12.8. The number of nitrogens with zero attached hydrogens (tertiary/aromatic N) is 2. The summed E-state index contributed by atoms with van der Waals surface area (Å²) in [6.07, 6.45) is 0. The molecular weight excluding hydrogens is 362 g/mol. The van der Waals surface area contributed by atoms with Crippen LogP contribution in [0.1, 0.15) is 13.8 Å². The average Bonchev–Trinajstić information content (AvgIpc) is 2.18. The number of hydrogen-bond acceptors (Lipinski definition) is 8. The Balaban J connectivity index is -0.00000180. The summed E-state index contributed by atoms with van der Waals surface area (Å²) in [5, 5.41) is 0. The smallest absolute Gasteiger partial charge is 0.747 e. The van der Waals surface area contributed by atoms with E-state index in [0.29, 0.717) is 9.80 Å². The first-order valence-electron chi connectivity index (χ1n) is 5.20. The molecule has 0 aliphatic carbocycles. The van der Waals surface area contributed by atoms with Crippen LogP contribution in [0, 0.1) is 0 Å². The first-order chi connectivity index (χ1) is 8.82. The van der Waals surface area contributed by atoms with E-state index in [1.165, 1.54) is 0 Å². The molecule has 0 heterocycles. The Morgan fingerprint density at radius 2 is 1.00 bits per heavy atom. The van der Waals surface area contributed by atoms with Crippen molar-refractivity contribution >= 4 is 32.1 Å². The minimum absolute atomic E-state index is 0. The van der Waals surface area contributed by atoms with Crippen LogP contribution in [-0.4, -0.2) is 72.4 Å². The summed E-state index contributed by atoms with van der Waals surface area (Å²) >= 11 is 0. The van der Waals surface area contributed by atoms with Gasteiger partial charge in [0.1, 0.15) is 32.0 Å². The van der Waals surface area contributed by atoms with Crippen LogP contribution in [0.15, 0.2) is 0 Å². The Hall–Kier alpha value is 0.760. The van der Waals surface area contributed by atoms with E-state index >= 15 is 0 Å². The Labute approximate surface area is 173 Å². The number of hydrogen-bond donors (Lipinski definition) is 0. The van der Waals surface area contributed by atoms with Crippen molar-refractivity contribution in [2.24, 2.45) is 0 Å². The first-order valence-corrected chi connectivity index (χ1v) is 8.35. The molecule has 0 aromatic carbocycles. The molecule has 0 aliphatic heterocycles. The van der Waals surface area contributed by atoms with Gasteiger partial charge < -0.3 is 18.9 Å². The van der Waals surface area contributed by atoms with Crippen LogP contribution < -0.4 is 59.1 Å². The van der Waals surface area contributed by atoms with Crippen molar-refractivity contribution in [2.45, 2.75) is 13.8 Å². The predicted octanol–water partition coefficient (Wildman–Crippen LogP) is -8.30. The number of carbonyl (C=O) groups is 2. The fourth-order valence-corrected chi connectivity index (χ4v) is 2.63. The van der Waals surface area contributed by atoms with Crippen molar-refractivity contribution in [1.82, 2.24) is 9.80 Å². The molecule has 10 nitrogen and oxygen atoms in total. The van der Waals surface area contributed by atoms with Gasteiger partial charge in [0.05, 0.1) is 0 Å². The van der Waals surface area contributed by atoms with Gasteiger partial charge in [-0.1, -0.05) is 0 Å². The van der Waals surface area contributed by atoms with Gasteiger partial charge in [0.25, 0.3) is 0 Å². The van der Waals surface area contributed by atoms with Crippen LogP contribution in [0.3, 0.4) is 0 Å². The molecule has 0 aliphatic rings. The first kappa shape index (κ1) is 27.6. The van der Waals surface area contributed by atoms with Gasteiger partial charge in [-0.05, 0) is 0 Å². The number of rotatable bonds is 7. The summed E-state index contributed by atoms with van der Waals surface area (Å²) in [6, 6.07) is 0. The van der Waals surface area contributed by atoms with E-state index in [4.69, 9.17) is 0 Å². The molecule has 14 heteroatoms. The maximum atomic E-state index is 11.1. The molecule has 22 heavy (non-hydrogen) atoms. The molecule has 0 fully saturated rings. The van der Waals surface area contributed by atoms with Gasteiger partial charge in [-0.25, -0.2) is 16.8 Å². The van der Waals surface area contributed by atoms with Crippen LogP contribution in [0.2, 0.25) is 0 Å². The van der Waals surface area contributed by atoms with Gasteiger partial charge in [0.15, 0.2) is 0 Å². The molecule has 0 bridgehead atoms. The number of carbonyl (C=O) groups excluding carboxylic acids is 2. The molecule has 118 valence electrons. The molecule has 0 rings (SSSR count). The quantitative estimate of drug-likeness (QED) is 0.313. The Morgan fingerprint density at radius 1 is 0.773 bits per heavy atom. The van der Waals surface area contributed by atoms with Crippen molar-refractivity contribution in [1.29, 1.82) is 0 Å². The summed E-state index contributed by atoms with van der Waals surface area (Å²) < 4.78 is 63.5. The Bertz CT molecular complexity index is 525. The van der Waals surface area contributed by atoms with Gasteiger partial charge in [0, 0.05) is 26.9 Å². The minimum Gasteiger partial charge on any atom is -0.747 e. The molecule has 0 saturated heterocycles. The zero-order chi connectivity index (χ0) is 16.1. The van der Waals surface area contributed by atoms with Crippen molar-refractivity contribution in [3.63, 3.8) is 0 Å². The summed E-state index contributed by atoms with van der Waals surface area (Å²) in [7, 11) is -9.40. The van der Waals surface area contributed by atoms with E-state index in [1.807, 2.05) is 0 Å². The SMILES string of the molecule is CC(=O)N(CCN(CS(=O)(=O)[O-])C(C)=O)CS(=O)(=O)[O-].[Na+].[Na+]. The van der Waals surface area contributed by atoms with Gasteiger partial charge in [-0.15, -0.1) is 0 Å². The maximum Gasteiger partial charge on any atom is 1.00 e. The largest absolute Gasteiger partial charge is 1.00 e. The molecule has 2 amide bonds. The van der Waals surface area contributed by atoms with E-state index in [2.05, 4.69) is 0 Å². The third kappa shape index (κ3) is 14.4. The molecule has 0 aromatic rings. The molecule has 0 atom stereocenters.